The Morgan fingerprint density at radius 2 is 2.04 bits per heavy atom. The Morgan fingerprint density at radius 1 is 1.25 bits per heavy atom. The number of benzene rings is 1. The summed E-state index contributed by atoms with van der Waals surface area (Å²) in [5.74, 6) is -0.0304. The summed E-state index contributed by atoms with van der Waals surface area (Å²) in [4.78, 5) is 16.0. The molecule has 0 spiro atoms. The lowest BCUT2D eigenvalue weighted by atomic mass is 10.0. The lowest BCUT2D eigenvalue weighted by Crippen LogP contribution is -2.50. The number of para-hydroxylation sites is 1. The minimum absolute atomic E-state index is 0.0304. The molecule has 1 atom stereocenters. The Hall–Kier alpha value is -1.60. The molecule has 1 unspecified atom stereocenters. The highest BCUT2D eigenvalue weighted by Crippen LogP contribution is 2.28. The number of halogens is 3. The van der Waals surface area contributed by atoms with Crippen molar-refractivity contribution in [3.8, 4) is 0 Å². The molecule has 3 rings (SSSR count). The summed E-state index contributed by atoms with van der Waals surface area (Å²) in [7, 11) is 0. The molecule has 0 aromatic heterocycles. The molecule has 1 saturated heterocycles. The van der Waals surface area contributed by atoms with E-state index in [0.717, 1.165) is 24.1 Å². The first-order valence-corrected chi connectivity index (χ1v) is 8.24. The molecule has 1 aromatic carbocycles. The molecule has 24 heavy (non-hydrogen) atoms. The number of morpholine rings is 1. The topological polar surface area (TPSA) is 32.8 Å². The van der Waals surface area contributed by atoms with Crippen molar-refractivity contribution in [2.75, 3.05) is 37.7 Å². The van der Waals surface area contributed by atoms with Crippen LogP contribution in [-0.2, 0) is 16.0 Å². The summed E-state index contributed by atoms with van der Waals surface area (Å²) in [6.45, 7) is 1.27. The number of fused-ring (bicyclic) bond motifs is 1. The molecule has 0 aliphatic carbocycles. The maximum atomic E-state index is 12.7. The summed E-state index contributed by atoms with van der Waals surface area (Å²) < 4.78 is 43.0. The van der Waals surface area contributed by atoms with E-state index in [1.807, 2.05) is 24.3 Å². The van der Waals surface area contributed by atoms with Gasteiger partial charge in [0.2, 0.25) is 5.91 Å². The van der Waals surface area contributed by atoms with Crippen molar-refractivity contribution in [2.45, 2.75) is 31.5 Å². The summed E-state index contributed by atoms with van der Waals surface area (Å²) >= 11 is 0. The van der Waals surface area contributed by atoms with Gasteiger partial charge in [-0.25, -0.2) is 0 Å². The second kappa shape index (κ2) is 7.11. The van der Waals surface area contributed by atoms with Gasteiger partial charge < -0.3 is 9.64 Å². The van der Waals surface area contributed by atoms with E-state index in [4.69, 9.17) is 4.74 Å². The van der Waals surface area contributed by atoms with Gasteiger partial charge in [0.1, 0.15) is 0 Å². The molecule has 1 amide bonds. The van der Waals surface area contributed by atoms with Crippen LogP contribution in [0, 0.1) is 0 Å². The standard InChI is InChI=1S/C17H21F3N2O2/c18-17(19,20)15-12-21(10-11-24-15)9-7-16(23)22-8-3-5-13-4-1-2-6-14(13)22/h1-2,4,6,15H,3,5,7-12H2. The number of nitrogens with zero attached hydrogens (tertiary/aromatic N) is 2. The highest BCUT2D eigenvalue weighted by Gasteiger charge is 2.43. The molecular formula is C17H21F3N2O2. The van der Waals surface area contributed by atoms with Gasteiger partial charge in [-0.3, -0.25) is 9.69 Å². The SMILES string of the molecule is O=C(CCN1CCOC(C(F)(F)F)C1)N1CCCc2ccccc21. The van der Waals surface area contributed by atoms with E-state index < -0.39 is 12.3 Å². The summed E-state index contributed by atoms with van der Waals surface area (Å²) in [5, 5.41) is 0. The summed E-state index contributed by atoms with van der Waals surface area (Å²) in [6.07, 6.45) is -4.02. The van der Waals surface area contributed by atoms with E-state index >= 15 is 0 Å². The van der Waals surface area contributed by atoms with E-state index in [1.165, 1.54) is 0 Å². The number of alkyl halides is 3. The van der Waals surface area contributed by atoms with Crippen LogP contribution in [0.5, 0.6) is 0 Å². The Balaban J connectivity index is 1.57. The number of ether oxygens (including phenoxy) is 1. The van der Waals surface area contributed by atoms with Crippen LogP contribution in [0.25, 0.3) is 0 Å². The third kappa shape index (κ3) is 3.89. The first-order valence-electron chi connectivity index (χ1n) is 8.24. The summed E-state index contributed by atoms with van der Waals surface area (Å²) in [5.41, 5.74) is 2.09. The monoisotopic (exact) mass is 342 g/mol. The van der Waals surface area contributed by atoms with E-state index in [1.54, 1.807) is 9.80 Å². The average molecular weight is 342 g/mol. The highest BCUT2D eigenvalue weighted by atomic mass is 19.4. The number of carbonyl (C=O) groups excluding carboxylic acids is 1. The molecule has 0 bridgehead atoms. The number of rotatable bonds is 3. The minimum Gasteiger partial charge on any atom is -0.366 e. The van der Waals surface area contributed by atoms with Gasteiger partial charge in [0, 0.05) is 38.3 Å². The Labute approximate surface area is 139 Å². The van der Waals surface area contributed by atoms with Crippen molar-refractivity contribution >= 4 is 11.6 Å². The van der Waals surface area contributed by atoms with Crippen LogP contribution in [0.3, 0.4) is 0 Å². The van der Waals surface area contributed by atoms with Gasteiger partial charge in [-0.1, -0.05) is 18.2 Å². The molecule has 1 aromatic rings. The third-order valence-corrected chi connectivity index (χ3v) is 4.57. The molecule has 0 saturated carbocycles. The fourth-order valence-corrected chi connectivity index (χ4v) is 3.29. The second-order valence-electron chi connectivity index (χ2n) is 6.23. The van der Waals surface area contributed by atoms with Gasteiger partial charge in [-0.05, 0) is 24.5 Å². The maximum Gasteiger partial charge on any atom is 0.415 e. The van der Waals surface area contributed by atoms with Gasteiger partial charge >= 0.3 is 6.18 Å². The molecule has 7 heteroatoms. The molecule has 0 N–H and O–H groups in total. The Kier molecular flexibility index (Phi) is 5.10. The predicted octanol–water partition coefficient (Wildman–Crippen LogP) is 2.62. The number of hydrogen-bond acceptors (Lipinski definition) is 3. The Morgan fingerprint density at radius 3 is 2.83 bits per heavy atom. The molecule has 132 valence electrons. The van der Waals surface area contributed by atoms with Crippen molar-refractivity contribution in [3.05, 3.63) is 29.8 Å². The minimum atomic E-state index is -4.35. The maximum absolute atomic E-state index is 12.7. The van der Waals surface area contributed by atoms with Crippen molar-refractivity contribution in [2.24, 2.45) is 0 Å². The second-order valence-corrected chi connectivity index (χ2v) is 6.23. The molecule has 0 radical (unpaired) electrons. The quantitative estimate of drug-likeness (QED) is 0.847. The van der Waals surface area contributed by atoms with Crippen LogP contribution in [0.1, 0.15) is 18.4 Å². The zero-order valence-corrected chi connectivity index (χ0v) is 13.4. The number of aryl methyl sites for hydroxylation is 1. The van der Waals surface area contributed by atoms with Gasteiger partial charge in [0.05, 0.1) is 6.61 Å². The highest BCUT2D eigenvalue weighted by molar-refractivity contribution is 5.94. The van der Waals surface area contributed by atoms with Crippen molar-refractivity contribution in [1.29, 1.82) is 0 Å². The van der Waals surface area contributed by atoms with E-state index in [9.17, 15) is 18.0 Å². The van der Waals surface area contributed by atoms with Gasteiger partial charge in [-0.15, -0.1) is 0 Å². The first-order chi connectivity index (χ1) is 11.4. The number of hydrogen-bond donors (Lipinski definition) is 0. The molecule has 1 fully saturated rings. The van der Waals surface area contributed by atoms with Crippen molar-refractivity contribution < 1.29 is 22.7 Å². The fraction of sp³-hybridized carbons (Fsp3) is 0.588. The van der Waals surface area contributed by atoms with Gasteiger partial charge in [0.15, 0.2) is 6.10 Å². The Bertz CT molecular complexity index is 591. The van der Waals surface area contributed by atoms with Crippen LogP contribution >= 0.6 is 0 Å². The average Bonchev–Trinajstić information content (AvgIpc) is 2.58. The van der Waals surface area contributed by atoms with Crippen LogP contribution in [0.2, 0.25) is 0 Å². The van der Waals surface area contributed by atoms with Crippen LogP contribution < -0.4 is 4.90 Å². The number of amides is 1. The lowest BCUT2D eigenvalue weighted by molar-refractivity contribution is -0.237. The molecular weight excluding hydrogens is 321 g/mol. The lowest BCUT2D eigenvalue weighted by Gasteiger charge is -2.34. The first kappa shape index (κ1) is 17.2. The van der Waals surface area contributed by atoms with Crippen LogP contribution in [0.4, 0.5) is 18.9 Å². The predicted molar refractivity (Wildman–Crippen MR) is 84.0 cm³/mol. The zero-order chi connectivity index (χ0) is 17.2. The summed E-state index contributed by atoms with van der Waals surface area (Å²) in [6, 6.07) is 7.81. The fourth-order valence-electron chi connectivity index (χ4n) is 3.29. The van der Waals surface area contributed by atoms with Crippen molar-refractivity contribution in [3.63, 3.8) is 0 Å². The van der Waals surface area contributed by atoms with Gasteiger partial charge in [0.25, 0.3) is 0 Å². The molecule has 4 nitrogen and oxygen atoms in total. The van der Waals surface area contributed by atoms with E-state index in [2.05, 4.69) is 0 Å². The molecule has 2 aliphatic heterocycles. The number of carbonyl (C=O) groups is 1. The third-order valence-electron chi connectivity index (χ3n) is 4.57. The number of anilines is 1. The smallest absolute Gasteiger partial charge is 0.366 e. The van der Waals surface area contributed by atoms with Gasteiger partial charge in [-0.2, -0.15) is 13.2 Å². The van der Waals surface area contributed by atoms with Crippen molar-refractivity contribution in [1.82, 2.24) is 4.90 Å². The largest absolute Gasteiger partial charge is 0.415 e. The molecule has 2 heterocycles. The van der Waals surface area contributed by atoms with E-state index in [-0.39, 0.29) is 25.5 Å². The van der Waals surface area contributed by atoms with Crippen LogP contribution in [-0.4, -0.2) is 55.9 Å². The molecule has 2 aliphatic rings. The van der Waals surface area contributed by atoms with E-state index in [0.29, 0.717) is 19.6 Å². The van der Waals surface area contributed by atoms with Crippen LogP contribution in [0.15, 0.2) is 24.3 Å². The normalized spacial score (nSPS) is 22.3. The zero-order valence-electron chi connectivity index (χ0n) is 13.4.